The van der Waals surface area contributed by atoms with Gasteiger partial charge in [-0.3, -0.25) is 9.69 Å². The molecule has 0 aromatic heterocycles. The van der Waals surface area contributed by atoms with Crippen molar-refractivity contribution in [3.05, 3.63) is 34.3 Å². The van der Waals surface area contributed by atoms with E-state index in [0.717, 1.165) is 44.6 Å². The van der Waals surface area contributed by atoms with E-state index in [1.165, 1.54) is 12.8 Å². The lowest BCUT2D eigenvalue weighted by molar-refractivity contribution is -0.144. The van der Waals surface area contributed by atoms with Crippen LogP contribution in [0.4, 0.5) is 4.39 Å². The summed E-state index contributed by atoms with van der Waals surface area (Å²) >= 11 is 6.48. The smallest absolute Gasteiger partial charge is 0.225 e. The molecule has 0 unspecified atom stereocenters. The van der Waals surface area contributed by atoms with Crippen LogP contribution in [-0.2, 0) is 17.0 Å². The second kappa shape index (κ2) is 7.12. The van der Waals surface area contributed by atoms with Crippen LogP contribution in [0.15, 0.2) is 18.2 Å². The second-order valence-electron chi connectivity index (χ2n) is 8.37. The lowest BCUT2D eigenvalue weighted by Crippen LogP contribution is -2.46. The van der Waals surface area contributed by atoms with Crippen LogP contribution in [-0.4, -0.2) is 41.4 Å². The van der Waals surface area contributed by atoms with Gasteiger partial charge in [-0.2, -0.15) is 0 Å². The van der Waals surface area contributed by atoms with Gasteiger partial charge in [0.05, 0.1) is 0 Å². The molecule has 4 rings (SSSR count). The SMILES string of the molecule is C[C@@H]1CCCN1Cc1ccc([C@]2(F)C[C@@H](C(=O)N3CCCC3)C2)cc1Cl. The van der Waals surface area contributed by atoms with E-state index in [9.17, 15) is 4.79 Å². The molecule has 2 saturated heterocycles. The van der Waals surface area contributed by atoms with E-state index in [-0.39, 0.29) is 11.8 Å². The summed E-state index contributed by atoms with van der Waals surface area (Å²) in [7, 11) is 0. The van der Waals surface area contributed by atoms with Gasteiger partial charge in [-0.1, -0.05) is 23.7 Å². The van der Waals surface area contributed by atoms with Crippen LogP contribution < -0.4 is 0 Å². The molecule has 1 aromatic carbocycles. The standard InChI is InChI=1S/C21H28ClFN2O/c1-15-5-4-10-25(15)14-16-6-7-18(11-19(16)22)21(23)12-17(13-21)20(26)24-8-2-3-9-24/h6-7,11,15,17H,2-5,8-10,12-14H2,1H3/t15-,17-,21+/m1/s1. The van der Waals surface area contributed by atoms with Gasteiger partial charge < -0.3 is 4.90 Å². The van der Waals surface area contributed by atoms with E-state index >= 15 is 4.39 Å². The van der Waals surface area contributed by atoms with E-state index < -0.39 is 5.67 Å². The molecule has 0 N–H and O–H groups in total. The van der Waals surface area contributed by atoms with Crippen molar-refractivity contribution in [3.63, 3.8) is 0 Å². The van der Waals surface area contributed by atoms with Crippen molar-refractivity contribution in [3.8, 4) is 0 Å². The molecule has 5 heteroatoms. The molecule has 0 radical (unpaired) electrons. The molecule has 142 valence electrons. The molecule has 3 aliphatic rings. The Bertz CT molecular complexity index is 683. The third-order valence-electron chi connectivity index (χ3n) is 6.54. The van der Waals surface area contributed by atoms with Crippen LogP contribution in [0.5, 0.6) is 0 Å². The van der Waals surface area contributed by atoms with Crippen molar-refractivity contribution < 1.29 is 9.18 Å². The molecule has 3 nitrogen and oxygen atoms in total. The molecular formula is C21H28ClFN2O. The van der Waals surface area contributed by atoms with E-state index in [1.807, 2.05) is 17.0 Å². The average Bonchev–Trinajstić information content (AvgIpc) is 3.25. The number of likely N-dealkylation sites (tertiary alicyclic amines) is 2. The van der Waals surface area contributed by atoms with Crippen molar-refractivity contribution in [2.45, 2.75) is 63.7 Å². The van der Waals surface area contributed by atoms with Crippen molar-refractivity contribution in [2.75, 3.05) is 19.6 Å². The van der Waals surface area contributed by atoms with Gasteiger partial charge in [0.1, 0.15) is 5.67 Å². The number of halogens is 2. The van der Waals surface area contributed by atoms with Gasteiger partial charge in [-0.25, -0.2) is 4.39 Å². The number of hydrogen-bond acceptors (Lipinski definition) is 2. The second-order valence-corrected chi connectivity index (χ2v) is 8.78. The maximum atomic E-state index is 15.3. The first-order valence-electron chi connectivity index (χ1n) is 9.97. The summed E-state index contributed by atoms with van der Waals surface area (Å²) < 4.78 is 15.3. The zero-order valence-electron chi connectivity index (χ0n) is 15.5. The molecule has 2 aliphatic heterocycles. The van der Waals surface area contributed by atoms with Gasteiger partial charge in [0, 0.05) is 36.6 Å². The van der Waals surface area contributed by atoms with E-state index in [2.05, 4.69) is 11.8 Å². The van der Waals surface area contributed by atoms with Crippen LogP contribution in [0.1, 0.15) is 56.6 Å². The van der Waals surface area contributed by atoms with E-state index in [1.54, 1.807) is 6.07 Å². The predicted molar refractivity (Wildman–Crippen MR) is 102 cm³/mol. The van der Waals surface area contributed by atoms with Gasteiger partial charge in [0.2, 0.25) is 5.91 Å². The number of hydrogen-bond donors (Lipinski definition) is 0. The highest BCUT2D eigenvalue weighted by Crippen LogP contribution is 2.50. The molecule has 26 heavy (non-hydrogen) atoms. The Morgan fingerprint density at radius 2 is 1.96 bits per heavy atom. The monoisotopic (exact) mass is 378 g/mol. The van der Waals surface area contributed by atoms with Crippen molar-refractivity contribution in [2.24, 2.45) is 5.92 Å². The first-order valence-corrected chi connectivity index (χ1v) is 10.3. The van der Waals surface area contributed by atoms with Gasteiger partial charge in [0.25, 0.3) is 0 Å². The number of alkyl halides is 1. The molecule has 1 amide bonds. The zero-order valence-corrected chi connectivity index (χ0v) is 16.3. The van der Waals surface area contributed by atoms with Crippen LogP contribution in [0.2, 0.25) is 5.02 Å². The fourth-order valence-corrected chi connectivity index (χ4v) is 4.97. The Labute approximate surface area is 160 Å². The van der Waals surface area contributed by atoms with Crippen molar-refractivity contribution >= 4 is 17.5 Å². The highest BCUT2D eigenvalue weighted by molar-refractivity contribution is 6.31. The number of carbonyl (C=O) groups is 1. The Kier molecular flexibility index (Phi) is 5.00. The Balaban J connectivity index is 1.40. The third kappa shape index (κ3) is 3.38. The zero-order chi connectivity index (χ0) is 18.3. The number of nitrogens with zero attached hydrogens (tertiary/aromatic N) is 2. The molecule has 1 saturated carbocycles. The first-order chi connectivity index (χ1) is 12.5. The van der Waals surface area contributed by atoms with Crippen LogP contribution in [0.3, 0.4) is 0 Å². The third-order valence-corrected chi connectivity index (χ3v) is 6.89. The predicted octanol–water partition coefficient (Wildman–Crippen LogP) is 4.52. The molecule has 3 fully saturated rings. The van der Waals surface area contributed by atoms with Crippen molar-refractivity contribution in [1.29, 1.82) is 0 Å². The largest absolute Gasteiger partial charge is 0.342 e. The number of carbonyl (C=O) groups excluding carboxylic acids is 1. The minimum atomic E-state index is -1.40. The Hall–Kier alpha value is -1.13. The van der Waals surface area contributed by atoms with Crippen LogP contribution >= 0.6 is 11.6 Å². The summed E-state index contributed by atoms with van der Waals surface area (Å²) in [6.45, 7) is 5.86. The summed E-state index contributed by atoms with van der Waals surface area (Å²) in [5, 5.41) is 0.646. The van der Waals surface area contributed by atoms with E-state index in [4.69, 9.17) is 11.6 Å². The summed E-state index contributed by atoms with van der Waals surface area (Å²) in [6.07, 6.45) is 5.20. The Morgan fingerprint density at radius 3 is 2.58 bits per heavy atom. The summed E-state index contributed by atoms with van der Waals surface area (Å²) in [5.74, 6) is -0.0245. The maximum Gasteiger partial charge on any atom is 0.225 e. The molecule has 1 aliphatic carbocycles. The van der Waals surface area contributed by atoms with Gasteiger partial charge in [0.15, 0.2) is 0 Å². The molecule has 0 bridgehead atoms. The van der Waals surface area contributed by atoms with Crippen molar-refractivity contribution in [1.82, 2.24) is 9.80 Å². The minimum Gasteiger partial charge on any atom is -0.342 e. The highest BCUT2D eigenvalue weighted by Gasteiger charge is 2.50. The lowest BCUT2D eigenvalue weighted by Gasteiger charge is -2.42. The fraction of sp³-hybridized carbons (Fsp3) is 0.667. The Morgan fingerprint density at radius 1 is 1.23 bits per heavy atom. The topological polar surface area (TPSA) is 23.6 Å². The maximum absolute atomic E-state index is 15.3. The summed E-state index contributed by atoms with van der Waals surface area (Å²) in [4.78, 5) is 16.8. The molecule has 1 aromatic rings. The molecular weight excluding hydrogens is 351 g/mol. The highest BCUT2D eigenvalue weighted by atomic mass is 35.5. The fourth-order valence-electron chi connectivity index (χ4n) is 4.73. The van der Waals surface area contributed by atoms with Crippen LogP contribution in [0, 0.1) is 5.92 Å². The normalized spacial score (nSPS) is 32.0. The van der Waals surface area contributed by atoms with Gasteiger partial charge >= 0.3 is 0 Å². The lowest BCUT2D eigenvalue weighted by atomic mass is 9.68. The molecule has 2 heterocycles. The summed E-state index contributed by atoms with van der Waals surface area (Å²) in [6, 6.07) is 6.22. The molecule has 0 spiro atoms. The van der Waals surface area contributed by atoms with Gasteiger partial charge in [-0.15, -0.1) is 0 Å². The molecule has 1 atom stereocenters. The van der Waals surface area contributed by atoms with E-state index in [0.29, 0.717) is 29.5 Å². The number of amides is 1. The van der Waals surface area contributed by atoms with Crippen LogP contribution in [0.25, 0.3) is 0 Å². The average molecular weight is 379 g/mol. The minimum absolute atomic E-state index is 0.140. The quantitative estimate of drug-likeness (QED) is 0.768. The summed E-state index contributed by atoms with van der Waals surface area (Å²) in [5.41, 5.74) is 0.298. The number of rotatable bonds is 4. The first kappa shape index (κ1) is 18.2. The number of benzene rings is 1. The van der Waals surface area contributed by atoms with Gasteiger partial charge in [-0.05, 0) is 69.2 Å².